The van der Waals surface area contributed by atoms with Gasteiger partial charge in [0, 0.05) is 13.0 Å². The Morgan fingerprint density at radius 2 is 1.63 bits per heavy atom. The number of phenols is 1. The maximum Gasteiger partial charge on any atom is 0.166 e. The molecule has 0 aliphatic rings. The summed E-state index contributed by atoms with van der Waals surface area (Å²) < 4.78 is 0. The Morgan fingerprint density at radius 3 is 2.26 bits per heavy atom. The van der Waals surface area contributed by atoms with E-state index in [9.17, 15) is 9.90 Å². The highest BCUT2D eigenvalue weighted by atomic mass is 16.3. The number of para-hydroxylation sites is 1. The van der Waals surface area contributed by atoms with Crippen molar-refractivity contribution in [3.05, 3.63) is 65.2 Å². The van der Waals surface area contributed by atoms with Gasteiger partial charge < -0.3 is 10.8 Å². The Morgan fingerprint density at radius 1 is 1.00 bits per heavy atom. The van der Waals surface area contributed by atoms with E-state index >= 15 is 0 Å². The van der Waals surface area contributed by atoms with Crippen molar-refractivity contribution in [2.75, 3.05) is 0 Å². The Hall–Kier alpha value is -2.13. The van der Waals surface area contributed by atoms with Crippen LogP contribution in [0.5, 0.6) is 5.75 Å². The highest BCUT2D eigenvalue weighted by molar-refractivity contribution is 5.98. The van der Waals surface area contributed by atoms with Crippen molar-refractivity contribution in [2.24, 2.45) is 5.73 Å². The van der Waals surface area contributed by atoms with E-state index in [0.29, 0.717) is 24.9 Å². The van der Waals surface area contributed by atoms with E-state index in [1.165, 1.54) is 6.07 Å². The molecule has 19 heavy (non-hydrogen) atoms. The van der Waals surface area contributed by atoms with Crippen molar-refractivity contribution >= 4 is 5.78 Å². The highest BCUT2D eigenvalue weighted by Gasteiger charge is 2.10. The quantitative estimate of drug-likeness (QED) is 0.807. The molecule has 0 bridgehead atoms. The highest BCUT2D eigenvalue weighted by Crippen LogP contribution is 2.18. The lowest BCUT2D eigenvalue weighted by atomic mass is 10.0. The molecule has 0 fully saturated rings. The van der Waals surface area contributed by atoms with Crippen molar-refractivity contribution in [1.82, 2.24) is 0 Å². The second-order valence-electron chi connectivity index (χ2n) is 4.46. The number of ketones is 1. The van der Waals surface area contributed by atoms with Crippen LogP contribution in [-0.2, 0) is 13.0 Å². The monoisotopic (exact) mass is 255 g/mol. The molecule has 0 aliphatic heterocycles. The largest absolute Gasteiger partial charge is 0.507 e. The summed E-state index contributed by atoms with van der Waals surface area (Å²) in [6.45, 7) is 0.525. The third-order valence-electron chi connectivity index (χ3n) is 3.10. The minimum atomic E-state index is -0.0407. The minimum Gasteiger partial charge on any atom is -0.507 e. The predicted octanol–water partition coefficient (Wildman–Crippen LogP) is 2.67. The van der Waals surface area contributed by atoms with Gasteiger partial charge in [0.1, 0.15) is 5.75 Å². The zero-order chi connectivity index (χ0) is 13.7. The lowest BCUT2D eigenvalue weighted by Crippen LogP contribution is -2.02. The summed E-state index contributed by atoms with van der Waals surface area (Å²) in [6.07, 6.45) is 1.05. The normalized spacial score (nSPS) is 10.4. The summed E-state index contributed by atoms with van der Waals surface area (Å²) in [7, 11) is 0. The number of rotatable bonds is 5. The fourth-order valence-corrected chi connectivity index (χ4v) is 1.94. The number of aryl methyl sites for hydroxylation is 1. The number of aromatic hydroxyl groups is 1. The van der Waals surface area contributed by atoms with Gasteiger partial charge in [0.25, 0.3) is 0 Å². The molecule has 2 rings (SSSR count). The number of hydrogen-bond donors (Lipinski definition) is 2. The molecule has 0 unspecified atom stereocenters. The number of phenolic OH excluding ortho intramolecular Hbond substituents is 1. The van der Waals surface area contributed by atoms with Gasteiger partial charge in [-0.3, -0.25) is 4.79 Å². The molecule has 2 aromatic rings. The van der Waals surface area contributed by atoms with Gasteiger partial charge in [-0.05, 0) is 29.7 Å². The molecule has 0 spiro atoms. The first-order valence-electron chi connectivity index (χ1n) is 6.30. The summed E-state index contributed by atoms with van der Waals surface area (Å²) >= 11 is 0. The fourth-order valence-electron chi connectivity index (χ4n) is 1.94. The summed E-state index contributed by atoms with van der Waals surface area (Å²) in [6, 6.07) is 14.6. The first-order chi connectivity index (χ1) is 9.20. The van der Waals surface area contributed by atoms with E-state index in [-0.39, 0.29) is 11.5 Å². The van der Waals surface area contributed by atoms with Crippen LogP contribution in [0.2, 0.25) is 0 Å². The van der Waals surface area contributed by atoms with Crippen molar-refractivity contribution < 1.29 is 9.90 Å². The molecule has 0 heterocycles. The molecule has 0 atom stereocenters. The van der Waals surface area contributed by atoms with Crippen LogP contribution in [0.1, 0.15) is 27.9 Å². The third-order valence-corrected chi connectivity index (χ3v) is 3.10. The second kappa shape index (κ2) is 6.16. The number of nitrogens with two attached hydrogens (primary N) is 1. The van der Waals surface area contributed by atoms with Gasteiger partial charge >= 0.3 is 0 Å². The van der Waals surface area contributed by atoms with E-state index in [1.54, 1.807) is 18.2 Å². The number of hydrogen-bond acceptors (Lipinski definition) is 3. The van der Waals surface area contributed by atoms with Crippen LogP contribution in [0.15, 0.2) is 48.5 Å². The van der Waals surface area contributed by atoms with Crippen LogP contribution in [0, 0.1) is 0 Å². The van der Waals surface area contributed by atoms with E-state index in [0.717, 1.165) is 11.1 Å². The van der Waals surface area contributed by atoms with E-state index in [4.69, 9.17) is 5.73 Å². The van der Waals surface area contributed by atoms with E-state index < -0.39 is 0 Å². The van der Waals surface area contributed by atoms with Crippen molar-refractivity contribution in [3.63, 3.8) is 0 Å². The molecule has 2 aromatic carbocycles. The molecule has 0 saturated heterocycles. The van der Waals surface area contributed by atoms with Crippen LogP contribution in [0.25, 0.3) is 0 Å². The predicted molar refractivity (Wildman–Crippen MR) is 75.1 cm³/mol. The minimum absolute atomic E-state index is 0.0407. The van der Waals surface area contributed by atoms with Gasteiger partial charge in [0.05, 0.1) is 5.56 Å². The zero-order valence-corrected chi connectivity index (χ0v) is 10.7. The lowest BCUT2D eigenvalue weighted by molar-refractivity contribution is 0.0980. The number of carbonyl (C=O) groups excluding carboxylic acids is 1. The molecule has 0 saturated carbocycles. The molecule has 0 amide bonds. The molecule has 0 radical (unpaired) electrons. The average Bonchev–Trinajstić information content (AvgIpc) is 2.46. The molecule has 3 heteroatoms. The Bertz CT molecular complexity index is 561. The van der Waals surface area contributed by atoms with Gasteiger partial charge in [-0.2, -0.15) is 0 Å². The summed E-state index contributed by atoms with van der Waals surface area (Å²) in [5, 5.41) is 9.61. The SMILES string of the molecule is NCc1ccc(CCC(=O)c2ccccc2O)cc1. The smallest absolute Gasteiger partial charge is 0.166 e. The molecule has 98 valence electrons. The van der Waals surface area contributed by atoms with E-state index in [2.05, 4.69) is 0 Å². The molecule has 3 nitrogen and oxygen atoms in total. The van der Waals surface area contributed by atoms with Crippen molar-refractivity contribution in [1.29, 1.82) is 0 Å². The Labute approximate surface area is 112 Å². The molecule has 0 aromatic heterocycles. The number of benzene rings is 2. The zero-order valence-electron chi connectivity index (χ0n) is 10.7. The van der Waals surface area contributed by atoms with Crippen LogP contribution < -0.4 is 5.73 Å². The maximum absolute atomic E-state index is 12.0. The molecule has 0 aliphatic carbocycles. The standard InChI is InChI=1S/C16H17NO2/c17-11-13-7-5-12(6-8-13)9-10-16(19)14-3-1-2-4-15(14)18/h1-8,18H,9-11,17H2. The average molecular weight is 255 g/mol. The topological polar surface area (TPSA) is 63.3 Å². The lowest BCUT2D eigenvalue weighted by Gasteiger charge is -2.04. The van der Waals surface area contributed by atoms with Gasteiger partial charge in [-0.15, -0.1) is 0 Å². The van der Waals surface area contributed by atoms with Gasteiger partial charge in [-0.25, -0.2) is 0 Å². The molecular formula is C16H17NO2. The van der Waals surface area contributed by atoms with Gasteiger partial charge in [0.2, 0.25) is 0 Å². The third kappa shape index (κ3) is 3.42. The van der Waals surface area contributed by atoms with Gasteiger partial charge in [0.15, 0.2) is 5.78 Å². The maximum atomic E-state index is 12.0. The number of Topliss-reactive ketones (excluding diaryl/α,β-unsaturated/α-hetero) is 1. The second-order valence-corrected chi connectivity index (χ2v) is 4.46. The van der Waals surface area contributed by atoms with Gasteiger partial charge in [-0.1, -0.05) is 36.4 Å². The van der Waals surface area contributed by atoms with Crippen LogP contribution in [0.3, 0.4) is 0 Å². The van der Waals surface area contributed by atoms with Crippen LogP contribution in [0.4, 0.5) is 0 Å². The first-order valence-corrected chi connectivity index (χ1v) is 6.30. The fraction of sp³-hybridized carbons (Fsp3) is 0.188. The van der Waals surface area contributed by atoms with Crippen LogP contribution >= 0.6 is 0 Å². The Balaban J connectivity index is 1.98. The molecule has 3 N–H and O–H groups in total. The van der Waals surface area contributed by atoms with Crippen molar-refractivity contribution in [2.45, 2.75) is 19.4 Å². The summed E-state index contributed by atoms with van der Waals surface area (Å²) in [4.78, 5) is 12.0. The van der Waals surface area contributed by atoms with E-state index in [1.807, 2.05) is 24.3 Å². The van der Waals surface area contributed by atoms with Crippen LogP contribution in [-0.4, -0.2) is 10.9 Å². The number of carbonyl (C=O) groups is 1. The first kappa shape index (κ1) is 13.3. The van der Waals surface area contributed by atoms with Crippen molar-refractivity contribution in [3.8, 4) is 5.75 Å². The molecular weight excluding hydrogens is 238 g/mol. The summed E-state index contributed by atoms with van der Waals surface area (Å²) in [5.41, 5.74) is 8.10. The Kier molecular flexibility index (Phi) is 4.31. The summed E-state index contributed by atoms with van der Waals surface area (Å²) in [5.74, 6) is 0.00646.